The van der Waals surface area contributed by atoms with E-state index in [1.807, 2.05) is 0 Å². The number of nitrogens with one attached hydrogen (secondary N) is 1. The molecule has 0 spiro atoms. The summed E-state index contributed by atoms with van der Waals surface area (Å²) in [6.45, 7) is 1.60. The Balaban J connectivity index is 2.52. The summed E-state index contributed by atoms with van der Waals surface area (Å²) in [4.78, 5) is 17.6. The van der Waals surface area contributed by atoms with Gasteiger partial charge in [-0.2, -0.15) is 5.10 Å². The van der Waals surface area contributed by atoms with Crippen molar-refractivity contribution < 1.29 is 9.90 Å². The zero-order chi connectivity index (χ0) is 10.8. The number of carboxylic acids is 1. The summed E-state index contributed by atoms with van der Waals surface area (Å²) in [7, 11) is 0. The van der Waals surface area contributed by atoms with E-state index >= 15 is 0 Å². The van der Waals surface area contributed by atoms with Crippen molar-refractivity contribution in [3.8, 4) is 11.5 Å². The van der Waals surface area contributed by atoms with Gasteiger partial charge in [-0.25, -0.2) is 9.78 Å². The van der Waals surface area contributed by atoms with Crippen molar-refractivity contribution in [2.24, 2.45) is 0 Å². The highest BCUT2D eigenvalue weighted by atomic mass is 16.4. The molecule has 6 nitrogen and oxygen atoms in total. The molecule has 0 bridgehead atoms. The Morgan fingerprint density at radius 2 is 2.27 bits per heavy atom. The Morgan fingerprint density at radius 1 is 1.47 bits per heavy atom. The van der Waals surface area contributed by atoms with Crippen LogP contribution in [0, 0.1) is 6.92 Å². The fraction of sp³-hybridized carbons (Fsp3) is 0.111. The summed E-state index contributed by atoms with van der Waals surface area (Å²) in [5, 5.41) is 16.5. The molecule has 0 atom stereocenters. The fourth-order valence-electron chi connectivity index (χ4n) is 1.19. The smallest absolute Gasteiger partial charge is 0.337 e. The molecular weight excluding hydrogens is 196 g/mol. The zero-order valence-electron chi connectivity index (χ0n) is 7.93. The minimum absolute atomic E-state index is 0.136. The molecule has 76 valence electrons. The van der Waals surface area contributed by atoms with Crippen LogP contribution in [0.1, 0.15) is 16.1 Å². The van der Waals surface area contributed by atoms with Gasteiger partial charge in [-0.05, 0) is 13.0 Å². The number of aromatic carboxylic acids is 1. The number of aromatic amines is 1. The van der Waals surface area contributed by atoms with Crippen LogP contribution < -0.4 is 0 Å². The lowest BCUT2D eigenvalue weighted by Gasteiger charge is -2.00. The first-order chi connectivity index (χ1) is 7.18. The monoisotopic (exact) mass is 204 g/mol. The molecular formula is C9H8N4O2. The normalized spacial score (nSPS) is 10.2. The van der Waals surface area contributed by atoms with Gasteiger partial charge < -0.3 is 10.1 Å². The Morgan fingerprint density at radius 3 is 2.87 bits per heavy atom. The van der Waals surface area contributed by atoms with E-state index < -0.39 is 5.97 Å². The average molecular weight is 204 g/mol. The number of carboxylic acid groups (broad SMARTS) is 1. The molecule has 0 aliphatic rings. The fourth-order valence-corrected chi connectivity index (χ4v) is 1.19. The van der Waals surface area contributed by atoms with Gasteiger partial charge >= 0.3 is 5.97 Å². The molecule has 2 rings (SSSR count). The standard InChI is InChI=1S/C9H8N4O2/c1-5-6(9(14)15)4-7(13-12-5)8-10-2-3-11-8/h2-4H,1H3,(H,10,11)(H,14,15). The predicted octanol–water partition coefficient (Wildman–Crippen LogP) is 0.873. The van der Waals surface area contributed by atoms with Gasteiger partial charge in [0, 0.05) is 12.4 Å². The molecule has 2 heterocycles. The maximum atomic E-state index is 10.8. The SMILES string of the molecule is Cc1nnc(-c2ncc[nH]2)cc1C(=O)O. The summed E-state index contributed by atoms with van der Waals surface area (Å²) in [6.07, 6.45) is 3.20. The van der Waals surface area contributed by atoms with Gasteiger partial charge in [0.15, 0.2) is 5.82 Å². The first kappa shape index (κ1) is 9.32. The third-order valence-electron chi connectivity index (χ3n) is 1.95. The summed E-state index contributed by atoms with van der Waals surface area (Å²) >= 11 is 0. The first-order valence-electron chi connectivity index (χ1n) is 4.26. The number of imidazole rings is 1. The van der Waals surface area contributed by atoms with Crippen molar-refractivity contribution in [1.82, 2.24) is 20.2 Å². The van der Waals surface area contributed by atoms with E-state index in [0.717, 1.165) is 0 Å². The summed E-state index contributed by atoms with van der Waals surface area (Å²) in [6, 6.07) is 1.45. The van der Waals surface area contributed by atoms with E-state index in [-0.39, 0.29) is 5.56 Å². The van der Waals surface area contributed by atoms with Crippen LogP contribution in [-0.4, -0.2) is 31.2 Å². The zero-order valence-corrected chi connectivity index (χ0v) is 7.93. The second kappa shape index (κ2) is 3.49. The number of carbonyl (C=O) groups is 1. The van der Waals surface area contributed by atoms with E-state index in [2.05, 4.69) is 20.2 Å². The number of hydrogen-bond acceptors (Lipinski definition) is 4. The Kier molecular flexibility index (Phi) is 2.17. The molecule has 2 N–H and O–H groups in total. The van der Waals surface area contributed by atoms with Crippen LogP contribution in [0.3, 0.4) is 0 Å². The minimum atomic E-state index is -1.02. The Bertz CT molecular complexity index is 493. The predicted molar refractivity (Wildman–Crippen MR) is 51.3 cm³/mol. The molecule has 0 amide bonds. The van der Waals surface area contributed by atoms with Crippen LogP contribution in [0.5, 0.6) is 0 Å². The molecule has 0 radical (unpaired) electrons. The highest BCUT2D eigenvalue weighted by Gasteiger charge is 2.12. The van der Waals surface area contributed by atoms with Crippen LogP contribution in [0.2, 0.25) is 0 Å². The molecule has 0 saturated heterocycles. The quantitative estimate of drug-likeness (QED) is 0.757. The molecule has 2 aromatic heterocycles. The van der Waals surface area contributed by atoms with Crippen LogP contribution >= 0.6 is 0 Å². The summed E-state index contributed by atoms with van der Waals surface area (Å²) in [5.41, 5.74) is 0.942. The van der Waals surface area contributed by atoms with Gasteiger partial charge in [-0.15, -0.1) is 5.10 Å². The lowest BCUT2D eigenvalue weighted by molar-refractivity contribution is 0.0695. The largest absolute Gasteiger partial charge is 0.478 e. The molecule has 0 saturated carbocycles. The number of rotatable bonds is 2. The average Bonchev–Trinajstić information content (AvgIpc) is 2.71. The molecule has 15 heavy (non-hydrogen) atoms. The molecule has 0 aromatic carbocycles. The number of hydrogen-bond donors (Lipinski definition) is 2. The highest BCUT2D eigenvalue weighted by Crippen LogP contribution is 2.13. The third kappa shape index (κ3) is 1.69. The van der Waals surface area contributed by atoms with Gasteiger partial charge in [0.25, 0.3) is 0 Å². The third-order valence-corrected chi connectivity index (χ3v) is 1.95. The van der Waals surface area contributed by atoms with Gasteiger partial charge in [0.1, 0.15) is 5.69 Å². The van der Waals surface area contributed by atoms with Crippen molar-refractivity contribution >= 4 is 5.97 Å². The summed E-state index contributed by atoms with van der Waals surface area (Å²) in [5.74, 6) is -0.514. The van der Waals surface area contributed by atoms with Crippen molar-refractivity contribution in [3.63, 3.8) is 0 Å². The highest BCUT2D eigenvalue weighted by molar-refractivity contribution is 5.89. The molecule has 6 heteroatoms. The number of aryl methyl sites for hydroxylation is 1. The van der Waals surface area contributed by atoms with Crippen molar-refractivity contribution in [3.05, 3.63) is 29.7 Å². The molecule has 0 aliphatic carbocycles. The molecule has 0 fully saturated rings. The topological polar surface area (TPSA) is 91.8 Å². The number of nitrogens with zero attached hydrogens (tertiary/aromatic N) is 3. The van der Waals surface area contributed by atoms with E-state index in [4.69, 9.17) is 5.11 Å². The molecule has 2 aromatic rings. The second-order valence-electron chi connectivity index (χ2n) is 2.97. The summed E-state index contributed by atoms with van der Waals surface area (Å²) < 4.78 is 0. The van der Waals surface area contributed by atoms with Crippen molar-refractivity contribution in [1.29, 1.82) is 0 Å². The maximum Gasteiger partial charge on any atom is 0.337 e. The van der Waals surface area contributed by atoms with E-state index in [1.54, 1.807) is 19.3 Å². The van der Waals surface area contributed by atoms with Gasteiger partial charge in [0.05, 0.1) is 11.3 Å². The number of H-pyrrole nitrogens is 1. The lowest BCUT2D eigenvalue weighted by atomic mass is 10.2. The second-order valence-corrected chi connectivity index (χ2v) is 2.97. The molecule has 0 aliphatic heterocycles. The van der Waals surface area contributed by atoms with Gasteiger partial charge in [-0.3, -0.25) is 0 Å². The van der Waals surface area contributed by atoms with Crippen LogP contribution in [0.25, 0.3) is 11.5 Å². The van der Waals surface area contributed by atoms with Crippen molar-refractivity contribution in [2.45, 2.75) is 6.92 Å². The minimum Gasteiger partial charge on any atom is -0.478 e. The number of aromatic nitrogens is 4. The van der Waals surface area contributed by atoms with Crippen LogP contribution in [0.15, 0.2) is 18.5 Å². The lowest BCUT2D eigenvalue weighted by Crippen LogP contribution is -2.04. The molecule has 0 unspecified atom stereocenters. The van der Waals surface area contributed by atoms with E-state index in [0.29, 0.717) is 17.2 Å². The Labute approximate surface area is 85.0 Å². The maximum absolute atomic E-state index is 10.8. The van der Waals surface area contributed by atoms with Crippen molar-refractivity contribution in [2.75, 3.05) is 0 Å². The first-order valence-corrected chi connectivity index (χ1v) is 4.26. The van der Waals surface area contributed by atoms with Gasteiger partial charge in [0.2, 0.25) is 0 Å². The van der Waals surface area contributed by atoms with Crippen LogP contribution in [-0.2, 0) is 0 Å². The van der Waals surface area contributed by atoms with E-state index in [1.165, 1.54) is 6.07 Å². The van der Waals surface area contributed by atoms with Crippen LogP contribution in [0.4, 0.5) is 0 Å². The van der Waals surface area contributed by atoms with Gasteiger partial charge in [-0.1, -0.05) is 0 Å². The van der Waals surface area contributed by atoms with E-state index in [9.17, 15) is 4.79 Å². The Hall–Kier alpha value is -2.24.